The summed E-state index contributed by atoms with van der Waals surface area (Å²) in [6.45, 7) is 6.84. The van der Waals surface area contributed by atoms with E-state index < -0.39 is 0 Å². The quantitative estimate of drug-likeness (QED) is 0.885. The number of anilines is 1. The molecule has 0 saturated carbocycles. The molecule has 0 fully saturated rings. The molecule has 0 aliphatic carbocycles. The maximum Gasteiger partial charge on any atom is 0.201 e. The zero-order valence-electron chi connectivity index (χ0n) is 10.8. The Hall–Kier alpha value is -1.55. The SMILES string of the molecule is COC(C)(C)Cn1c(N)nc2cccc(C)c21. The lowest BCUT2D eigenvalue weighted by Crippen LogP contribution is -2.29. The molecule has 0 aliphatic heterocycles. The fourth-order valence-corrected chi connectivity index (χ4v) is 1.99. The molecule has 0 radical (unpaired) electrons. The van der Waals surface area contributed by atoms with Crippen LogP contribution in [-0.4, -0.2) is 22.3 Å². The largest absolute Gasteiger partial charge is 0.377 e. The summed E-state index contributed by atoms with van der Waals surface area (Å²) in [6.07, 6.45) is 0. The molecule has 1 aromatic heterocycles. The summed E-state index contributed by atoms with van der Waals surface area (Å²) in [5, 5.41) is 0. The van der Waals surface area contributed by atoms with Gasteiger partial charge in [-0.1, -0.05) is 12.1 Å². The van der Waals surface area contributed by atoms with Crippen molar-refractivity contribution < 1.29 is 4.74 Å². The lowest BCUT2D eigenvalue weighted by Gasteiger charge is -2.24. The number of rotatable bonds is 3. The van der Waals surface area contributed by atoms with Crippen LogP contribution in [0.15, 0.2) is 18.2 Å². The van der Waals surface area contributed by atoms with Crippen LogP contribution in [0.5, 0.6) is 0 Å². The van der Waals surface area contributed by atoms with Crippen LogP contribution in [0.2, 0.25) is 0 Å². The van der Waals surface area contributed by atoms with Crippen LogP contribution in [-0.2, 0) is 11.3 Å². The first kappa shape index (κ1) is 11.9. The van der Waals surface area contributed by atoms with E-state index in [1.165, 1.54) is 5.56 Å². The zero-order chi connectivity index (χ0) is 12.6. The summed E-state index contributed by atoms with van der Waals surface area (Å²) >= 11 is 0. The number of ether oxygens (including phenoxy) is 1. The van der Waals surface area contributed by atoms with Crippen molar-refractivity contribution in [1.82, 2.24) is 9.55 Å². The minimum atomic E-state index is -0.260. The first-order valence-electron chi connectivity index (χ1n) is 5.71. The van der Waals surface area contributed by atoms with Gasteiger partial charge < -0.3 is 15.0 Å². The van der Waals surface area contributed by atoms with Crippen molar-refractivity contribution in [2.24, 2.45) is 0 Å². The van der Waals surface area contributed by atoms with E-state index in [1.54, 1.807) is 7.11 Å². The summed E-state index contributed by atoms with van der Waals surface area (Å²) in [4.78, 5) is 4.38. The lowest BCUT2D eigenvalue weighted by molar-refractivity contribution is 0.00946. The number of benzene rings is 1. The van der Waals surface area contributed by atoms with Crippen molar-refractivity contribution in [3.05, 3.63) is 23.8 Å². The van der Waals surface area contributed by atoms with Crippen molar-refractivity contribution in [2.45, 2.75) is 32.9 Å². The molecule has 92 valence electrons. The van der Waals surface area contributed by atoms with Crippen LogP contribution in [0.3, 0.4) is 0 Å². The Morgan fingerprint density at radius 3 is 2.76 bits per heavy atom. The first-order chi connectivity index (χ1) is 7.94. The molecule has 0 bridgehead atoms. The Bertz CT molecular complexity index is 543. The number of nitrogens with zero attached hydrogens (tertiary/aromatic N) is 2. The molecule has 0 saturated heterocycles. The fraction of sp³-hybridized carbons (Fsp3) is 0.462. The van der Waals surface area contributed by atoms with E-state index in [-0.39, 0.29) is 5.60 Å². The number of methoxy groups -OCH3 is 1. The van der Waals surface area contributed by atoms with Crippen molar-refractivity contribution in [1.29, 1.82) is 0 Å². The molecule has 2 aromatic rings. The zero-order valence-corrected chi connectivity index (χ0v) is 10.8. The van der Waals surface area contributed by atoms with E-state index in [0.717, 1.165) is 11.0 Å². The smallest absolute Gasteiger partial charge is 0.201 e. The molecule has 2 N–H and O–H groups in total. The monoisotopic (exact) mass is 233 g/mol. The van der Waals surface area contributed by atoms with Gasteiger partial charge in [0.1, 0.15) is 0 Å². The van der Waals surface area contributed by atoms with Crippen LogP contribution >= 0.6 is 0 Å². The van der Waals surface area contributed by atoms with Gasteiger partial charge in [0, 0.05) is 7.11 Å². The predicted octanol–water partition coefficient (Wildman–Crippen LogP) is 2.35. The average molecular weight is 233 g/mol. The predicted molar refractivity (Wildman–Crippen MR) is 70.0 cm³/mol. The molecule has 0 unspecified atom stereocenters. The van der Waals surface area contributed by atoms with E-state index >= 15 is 0 Å². The highest BCUT2D eigenvalue weighted by Gasteiger charge is 2.21. The second-order valence-corrected chi connectivity index (χ2v) is 4.96. The minimum absolute atomic E-state index is 0.260. The molecule has 0 aliphatic rings. The Labute approximate surface area is 101 Å². The van der Waals surface area contributed by atoms with Gasteiger partial charge in [-0.3, -0.25) is 0 Å². The molecule has 4 nitrogen and oxygen atoms in total. The number of nitrogens with two attached hydrogens (primary N) is 1. The van der Waals surface area contributed by atoms with Crippen molar-refractivity contribution in [3.8, 4) is 0 Å². The number of aromatic nitrogens is 2. The summed E-state index contributed by atoms with van der Waals surface area (Å²) in [6, 6.07) is 6.05. The van der Waals surface area contributed by atoms with Crippen LogP contribution < -0.4 is 5.73 Å². The average Bonchev–Trinajstić information content (AvgIpc) is 2.56. The number of nitrogen functional groups attached to an aromatic ring is 1. The van der Waals surface area contributed by atoms with Crippen molar-refractivity contribution in [2.75, 3.05) is 12.8 Å². The standard InChI is InChI=1S/C13H19N3O/c1-9-6-5-7-10-11(9)16(12(14)15-10)8-13(2,3)17-4/h5-7H,8H2,1-4H3,(H2,14,15). The molecular formula is C13H19N3O. The topological polar surface area (TPSA) is 53.1 Å². The van der Waals surface area contributed by atoms with Crippen LogP contribution in [0.25, 0.3) is 11.0 Å². The van der Waals surface area contributed by atoms with Crippen LogP contribution in [0.4, 0.5) is 5.95 Å². The Morgan fingerprint density at radius 2 is 2.12 bits per heavy atom. The number of fused-ring (bicyclic) bond motifs is 1. The highest BCUT2D eigenvalue weighted by Crippen LogP contribution is 2.24. The number of imidazole rings is 1. The molecule has 0 spiro atoms. The van der Waals surface area contributed by atoms with Gasteiger partial charge in [-0.2, -0.15) is 0 Å². The summed E-state index contributed by atoms with van der Waals surface area (Å²) < 4.78 is 7.47. The number of para-hydroxylation sites is 1. The Balaban J connectivity index is 2.57. The number of hydrogen-bond donors (Lipinski definition) is 1. The molecule has 1 aromatic carbocycles. The van der Waals surface area contributed by atoms with Gasteiger partial charge in [0.05, 0.1) is 23.2 Å². The molecule has 17 heavy (non-hydrogen) atoms. The van der Waals surface area contributed by atoms with Crippen molar-refractivity contribution >= 4 is 17.0 Å². The second kappa shape index (κ2) is 4.04. The summed E-state index contributed by atoms with van der Waals surface area (Å²) in [5.41, 5.74) is 8.93. The molecule has 1 heterocycles. The third kappa shape index (κ3) is 2.13. The minimum Gasteiger partial charge on any atom is -0.377 e. The van der Waals surface area contributed by atoms with Gasteiger partial charge in [-0.25, -0.2) is 4.98 Å². The third-order valence-corrected chi connectivity index (χ3v) is 3.09. The molecule has 0 atom stereocenters. The molecular weight excluding hydrogens is 214 g/mol. The van der Waals surface area contributed by atoms with Gasteiger partial charge in [-0.15, -0.1) is 0 Å². The maximum atomic E-state index is 5.98. The number of hydrogen-bond acceptors (Lipinski definition) is 3. The van der Waals surface area contributed by atoms with Gasteiger partial charge in [-0.05, 0) is 32.4 Å². The maximum absolute atomic E-state index is 5.98. The van der Waals surface area contributed by atoms with E-state index in [0.29, 0.717) is 12.5 Å². The second-order valence-electron chi connectivity index (χ2n) is 4.96. The molecule has 2 rings (SSSR count). The van der Waals surface area contributed by atoms with Crippen LogP contribution in [0.1, 0.15) is 19.4 Å². The van der Waals surface area contributed by atoms with Gasteiger partial charge >= 0.3 is 0 Å². The van der Waals surface area contributed by atoms with E-state index in [2.05, 4.69) is 18.0 Å². The molecule has 0 amide bonds. The Kier molecular flexibility index (Phi) is 2.83. The van der Waals surface area contributed by atoms with E-state index in [4.69, 9.17) is 10.5 Å². The van der Waals surface area contributed by atoms with Gasteiger partial charge in [0.15, 0.2) is 0 Å². The normalized spacial score (nSPS) is 12.2. The van der Waals surface area contributed by atoms with Crippen LogP contribution in [0, 0.1) is 6.92 Å². The van der Waals surface area contributed by atoms with Gasteiger partial charge in [0.25, 0.3) is 0 Å². The van der Waals surface area contributed by atoms with Gasteiger partial charge in [0.2, 0.25) is 5.95 Å². The molecule has 4 heteroatoms. The lowest BCUT2D eigenvalue weighted by atomic mass is 10.1. The third-order valence-electron chi connectivity index (χ3n) is 3.09. The van der Waals surface area contributed by atoms with E-state index in [9.17, 15) is 0 Å². The van der Waals surface area contributed by atoms with E-state index in [1.807, 2.05) is 30.5 Å². The highest BCUT2D eigenvalue weighted by atomic mass is 16.5. The summed E-state index contributed by atoms with van der Waals surface area (Å²) in [7, 11) is 1.71. The summed E-state index contributed by atoms with van der Waals surface area (Å²) in [5.74, 6) is 0.541. The first-order valence-corrected chi connectivity index (χ1v) is 5.71. The Morgan fingerprint density at radius 1 is 1.41 bits per heavy atom. The number of aryl methyl sites for hydroxylation is 1. The fourth-order valence-electron chi connectivity index (χ4n) is 1.99. The van der Waals surface area contributed by atoms with Crippen molar-refractivity contribution in [3.63, 3.8) is 0 Å². The highest BCUT2D eigenvalue weighted by molar-refractivity contribution is 5.81.